The Morgan fingerprint density at radius 2 is 1.60 bits per heavy atom. The van der Waals surface area contributed by atoms with Gasteiger partial charge in [0.15, 0.2) is 11.6 Å². The predicted octanol–water partition coefficient (Wildman–Crippen LogP) is 8.31. The van der Waals surface area contributed by atoms with Gasteiger partial charge in [0.25, 0.3) is 0 Å². The summed E-state index contributed by atoms with van der Waals surface area (Å²) < 4.78 is 40.3. The van der Waals surface area contributed by atoms with Gasteiger partial charge in [0.05, 0.1) is 18.8 Å². The van der Waals surface area contributed by atoms with E-state index in [0.717, 1.165) is 37.1 Å². The molecular weight excluding hydrogens is 470 g/mol. The molecule has 5 rings (SSSR count). The van der Waals surface area contributed by atoms with Gasteiger partial charge >= 0.3 is 0 Å². The monoisotopic (exact) mass is 508 g/mol. The molecule has 2 heterocycles. The van der Waals surface area contributed by atoms with E-state index in [4.69, 9.17) is 25.9 Å². The first-order chi connectivity index (χ1) is 16.7. The number of halogens is 3. The summed E-state index contributed by atoms with van der Waals surface area (Å²) in [6.07, 6.45) is 5.14. The quantitative estimate of drug-likeness (QED) is 0.359. The molecule has 2 fully saturated rings. The smallest absolute Gasteiger partial charge is 0.165 e. The Bertz CT molecular complexity index is 915. The number of benzene rings is 2. The average molecular weight is 509 g/mol. The molecule has 0 amide bonds. The third kappa shape index (κ3) is 6.83. The van der Waals surface area contributed by atoms with Gasteiger partial charge in [-0.3, -0.25) is 0 Å². The molecule has 1 aliphatic carbocycles. The van der Waals surface area contributed by atoms with Crippen molar-refractivity contribution in [3.05, 3.63) is 64.2 Å². The van der Waals surface area contributed by atoms with Crippen LogP contribution < -0.4 is 4.74 Å². The number of hydrogen-bond acceptors (Lipinski definition) is 3. The number of carbonyl (C=O) groups excluding carboxylic acids is 1. The summed E-state index contributed by atoms with van der Waals surface area (Å²) in [6, 6.07) is 10.2. The van der Waals surface area contributed by atoms with E-state index in [2.05, 4.69) is 13.8 Å². The van der Waals surface area contributed by atoms with Gasteiger partial charge in [0.1, 0.15) is 12.6 Å². The normalized spacial score (nSPS) is 25.6. The molecule has 1 saturated heterocycles. The van der Waals surface area contributed by atoms with Crippen molar-refractivity contribution >= 4 is 18.4 Å². The SMILES string of the molecule is C=O.CC.CC1(C)CCC2(CCCC3c4c(F)ccc(F)c4OC[C@H]32)CO1.Cc1ccc(Cl)cc1. The lowest BCUT2D eigenvalue weighted by molar-refractivity contribution is -0.154. The minimum atomic E-state index is -0.444. The Morgan fingerprint density at radius 1 is 0.971 bits per heavy atom. The van der Waals surface area contributed by atoms with E-state index in [9.17, 15) is 8.78 Å². The predicted molar refractivity (Wildman–Crippen MR) is 138 cm³/mol. The van der Waals surface area contributed by atoms with Crippen molar-refractivity contribution in [1.29, 1.82) is 0 Å². The van der Waals surface area contributed by atoms with Crippen molar-refractivity contribution in [2.45, 2.75) is 78.2 Å². The van der Waals surface area contributed by atoms with E-state index in [1.165, 1.54) is 17.7 Å². The molecular formula is C29H39ClF2O3. The molecule has 3 aliphatic rings. The van der Waals surface area contributed by atoms with Crippen LogP contribution in [0.15, 0.2) is 36.4 Å². The standard InChI is InChI=1S/C19H24F2O2.C7H7Cl.C2H6.CH2O/c1-18(2)8-9-19(11-23-18)7-3-4-12-13(19)10-22-17-15(21)6-5-14(20)16(12)17;1-6-2-4-7(8)5-3-6;2*1-2/h5-6,12-13H,3-4,7-11H2,1-2H3;2-5H,1H3;1-2H3;1H2/t12?,13-,19?;;;/m1.../s1. The molecule has 2 aromatic rings. The van der Waals surface area contributed by atoms with Crippen LogP contribution in [0.25, 0.3) is 0 Å². The highest BCUT2D eigenvalue weighted by Crippen LogP contribution is 2.57. The molecule has 0 aromatic heterocycles. The molecule has 1 spiro atoms. The fraction of sp³-hybridized carbons (Fsp3) is 0.552. The van der Waals surface area contributed by atoms with Gasteiger partial charge < -0.3 is 14.3 Å². The summed E-state index contributed by atoms with van der Waals surface area (Å²) in [6.45, 7) is 13.5. The third-order valence-corrected chi connectivity index (χ3v) is 7.57. The molecule has 0 radical (unpaired) electrons. The zero-order chi connectivity index (χ0) is 26.2. The van der Waals surface area contributed by atoms with Crippen LogP contribution in [0.3, 0.4) is 0 Å². The van der Waals surface area contributed by atoms with Crippen LogP contribution in [0, 0.1) is 29.9 Å². The fourth-order valence-corrected chi connectivity index (χ4v) is 5.52. The Hall–Kier alpha value is -1.98. The number of rotatable bonds is 0. The molecule has 2 unspecified atom stereocenters. The maximum Gasteiger partial charge on any atom is 0.165 e. The zero-order valence-electron chi connectivity index (χ0n) is 21.6. The van der Waals surface area contributed by atoms with Crippen LogP contribution in [0.5, 0.6) is 5.75 Å². The highest BCUT2D eigenvalue weighted by Gasteiger charge is 2.52. The van der Waals surface area contributed by atoms with E-state index in [-0.39, 0.29) is 34.4 Å². The van der Waals surface area contributed by atoms with Crippen LogP contribution in [-0.4, -0.2) is 25.6 Å². The Balaban J connectivity index is 0.000000303. The minimum absolute atomic E-state index is 0.0491. The van der Waals surface area contributed by atoms with Crippen molar-refractivity contribution in [2.24, 2.45) is 11.3 Å². The lowest BCUT2D eigenvalue weighted by Gasteiger charge is -2.54. The molecule has 6 heteroatoms. The summed E-state index contributed by atoms with van der Waals surface area (Å²) in [4.78, 5) is 8.00. The number of fused-ring (bicyclic) bond motifs is 4. The molecule has 3 nitrogen and oxygen atoms in total. The van der Waals surface area contributed by atoms with Crippen LogP contribution in [-0.2, 0) is 9.53 Å². The first-order valence-electron chi connectivity index (χ1n) is 12.5. The van der Waals surface area contributed by atoms with Crippen molar-refractivity contribution in [3.8, 4) is 5.75 Å². The number of hydrogen-bond donors (Lipinski definition) is 0. The van der Waals surface area contributed by atoms with Crippen molar-refractivity contribution in [3.63, 3.8) is 0 Å². The highest BCUT2D eigenvalue weighted by atomic mass is 35.5. The van der Waals surface area contributed by atoms with E-state index in [1.807, 2.05) is 51.8 Å². The summed E-state index contributed by atoms with van der Waals surface area (Å²) in [5.41, 5.74) is 1.68. The summed E-state index contributed by atoms with van der Waals surface area (Å²) in [7, 11) is 0. The molecule has 3 atom stereocenters. The van der Waals surface area contributed by atoms with Crippen LogP contribution in [0.2, 0.25) is 5.02 Å². The molecule has 2 aliphatic heterocycles. The lowest BCUT2D eigenvalue weighted by atomic mass is 9.57. The summed E-state index contributed by atoms with van der Waals surface area (Å²) in [5, 5.41) is 0.801. The van der Waals surface area contributed by atoms with E-state index >= 15 is 0 Å². The van der Waals surface area contributed by atoms with Crippen LogP contribution >= 0.6 is 11.6 Å². The number of carbonyl (C=O) groups is 1. The van der Waals surface area contributed by atoms with E-state index < -0.39 is 5.82 Å². The molecule has 194 valence electrons. The second-order valence-corrected chi connectivity index (χ2v) is 10.3. The minimum Gasteiger partial charge on any atom is -0.490 e. The van der Waals surface area contributed by atoms with E-state index in [0.29, 0.717) is 18.8 Å². The van der Waals surface area contributed by atoms with Crippen LogP contribution in [0.1, 0.15) is 76.8 Å². The van der Waals surface area contributed by atoms with Gasteiger partial charge in [-0.2, -0.15) is 0 Å². The summed E-state index contributed by atoms with van der Waals surface area (Å²) in [5.74, 6) is -0.366. The van der Waals surface area contributed by atoms with Gasteiger partial charge in [0.2, 0.25) is 0 Å². The topological polar surface area (TPSA) is 35.5 Å². The second-order valence-electron chi connectivity index (χ2n) is 9.89. The first kappa shape index (κ1) is 29.3. The average Bonchev–Trinajstić information content (AvgIpc) is 2.88. The van der Waals surface area contributed by atoms with Gasteiger partial charge in [-0.05, 0) is 76.6 Å². The molecule has 0 bridgehead atoms. The van der Waals surface area contributed by atoms with Gasteiger partial charge in [-0.15, -0.1) is 0 Å². The van der Waals surface area contributed by atoms with Crippen molar-refractivity contribution in [1.82, 2.24) is 0 Å². The van der Waals surface area contributed by atoms with Crippen molar-refractivity contribution < 1.29 is 23.0 Å². The molecule has 35 heavy (non-hydrogen) atoms. The van der Waals surface area contributed by atoms with Gasteiger partial charge in [-0.25, -0.2) is 8.78 Å². The second kappa shape index (κ2) is 12.8. The zero-order valence-corrected chi connectivity index (χ0v) is 22.4. The lowest BCUT2D eigenvalue weighted by Crippen LogP contribution is -2.51. The molecule has 2 aromatic carbocycles. The Kier molecular flexibility index (Phi) is 10.7. The Morgan fingerprint density at radius 3 is 2.17 bits per heavy atom. The Labute approximate surface area is 214 Å². The number of ether oxygens (including phenoxy) is 2. The van der Waals surface area contributed by atoms with Gasteiger partial charge in [-0.1, -0.05) is 49.6 Å². The fourth-order valence-electron chi connectivity index (χ4n) is 5.40. The maximum absolute atomic E-state index is 14.4. The highest BCUT2D eigenvalue weighted by molar-refractivity contribution is 6.30. The van der Waals surface area contributed by atoms with Crippen LogP contribution in [0.4, 0.5) is 8.78 Å². The van der Waals surface area contributed by atoms with Gasteiger partial charge in [0, 0.05) is 21.9 Å². The third-order valence-electron chi connectivity index (χ3n) is 7.32. The maximum atomic E-state index is 14.4. The van der Waals surface area contributed by atoms with Crippen molar-refractivity contribution in [2.75, 3.05) is 13.2 Å². The first-order valence-corrected chi connectivity index (χ1v) is 12.8. The van der Waals surface area contributed by atoms with E-state index in [1.54, 1.807) is 0 Å². The largest absolute Gasteiger partial charge is 0.490 e. The number of aryl methyl sites for hydroxylation is 1. The summed E-state index contributed by atoms with van der Waals surface area (Å²) >= 11 is 5.61. The molecule has 0 N–H and O–H groups in total. The molecule has 1 saturated carbocycles.